The zero-order chi connectivity index (χ0) is 13.0. The minimum absolute atomic E-state index is 0.0844. The molecule has 2 rings (SSSR count). The summed E-state index contributed by atoms with van der Waals surface area (Å²) >= 11 is 0. The predicted molar refractivity (Wildman–Crippen MR) is 63.5 cm³/mol. The zero-order valence-corrected chi connectivity index (χ0v) is 9.43. The molecular formula is C13H11FN2O2. The van der Waals surface area contributed by atoms with Crippen molar-refractivity contribution in [1.82, 2.24) is 10.3 Å². The monoisotopic (exact) mass is 246 g/mol. The molecule has 0 spiro atoms. The number of nitrogens with zero attached hydrogens (tertiary/aromatic N) is 1. The molecule has 0 atom stereocenters. The Morgan fingerprint density at radius 1 is 1.39 bits per heavy atom. The van der Waals surface area contributed by atoms with Gasteiger partial charge < -0.3 is 10.4 Å². The van der Waals surface area contributed by atoms with Gasteiger partial charge in [-0.15, -0.1) is 0 Å². The van der Waals surface area contributed by atoms with E-state index in [4.69, 9.17) is 0 Å². The van der Waals surface area contributed by atoms with Crippen LogP contribution in [0, 0.1) is 5.82 Å². The van der Waals surface area contributed by atoms with E-state index in [9.17, 15) is 14.3 Å². The van der Waals surface area contributed by atoms with Crippen LogP contribution in [0.2, 0.25) is 0 Å². The molecule has 0 bridgehead atoms. The molecule has 0 unspecified atom stereocenters. The van der Waals surface area contributed by atoms with Gasteiger partial charge in [-0.1, -0.05) is 6.07 Å². The summed E-state index contributed by atoms with van der Waals surface area (Å²) in [5, 5.41) is 12.0. The largest absolute Gasteiger partial charge is 0.507 e. The van der Waals surface area contributed by atoms with Crippen molar-refractivity contribution in [3.05, 3.63) is 59.7 Å². The lowest BCUT2D eigenvalue weighted by Crippen LogP contribution is -2.23. The number of amides is 1. The number of rotatable bonds is 3. The second kappa shape index (κ2) is 5.27. The maximum Gasteiger partial charge on any atom is 0.255 e. The summed E-state index contributed by atoms with van der Waals surface area (Å²) in [6.45, 7) is 0.266. The molecule has 0 aliphatic carbocycles. The predicted octanol–water partition coefficient (Wildman–Crippen LogP) is 1.86. The molecule has 0 radical (unpaired) electrons. The summed E-state index contributed by atoms with van der Waals surface area (Å²) in [6.07, 6.45) is 3.25. The van der Waals surface area contributed by atoms with Gasteiger partial charge in [0.15, 0.2) is 0 Å². The molecule has 92 valence electrons. The molecule has 18 heavy (non-hydrogen) atoms. The van der Waals surface area contributed by atoms with Crippen LogP contribution in [0.5, 0.6) is 5.75 Å². The van der Waals surface area contributed by atoms with Gasteiger partial charge in [0, 0.05) is 18.9 Å². The molecule has 5 heteroatoms. The number of phenols is 1. The maximum atomic E-state index is 13.0. The summed E-state index contributed by atoms with van der Waals surface area (Å²) in [4.78, 5) is 15.6. The minimum Gasteiger partial charge on any atom is -0.507 e. The van der Waals surface area contributed by atoms with Gasteiger partial charge in [0.1, 0.15) is 11.6 Å². The highest BCUT2D eigenvalue weighted by molar-refractivity contribution is 5.96. The van der Waals surface area contributed by atoms with Crippen LogP contribution in [-0.2, 0) is 6.54 Å². The van der Waals surface area contributed by atoms with Crippen molar-refractivity contribution >= 4 is 5.91 Å². The van der Waals surface area contributed by atoms with Crippen LogP contribution in [0.15, 0.2) is 42.7 Å². The first-order valence-electron chi connectivity index (χ1n) is 5.32. The molecule has 4 nitrogen and oxygen atoms in total. The molecule has 1 aromatic carbocycles. The third-order valence-electron chi connectivity index (χ3n) is 2.38. The van der Waals surface area contributed by atoms with Crippen LogP contribution in [0.3, 0.4) is 0 Å². The molecule has 0 saturated carbocycles. The van der Waals surface area contributed by atoms with Crippen LogP contribution >= 0.6 is 0 Å². The van der Waals surface area contributed by atoms with Gasteiger partial charge in [0.2, 0.25) is 0 Å². The van der Waals surface area contributed by atoms with Crippen LogP contribution < -0.4 is 5.32 Å². The highest BCUT2D eigenvalue weighted by atomic mass is 19.1. The smallest absolute Gasteiger partial charge is 0.255 e. The van der Waals surface area contributed by atoms with Crippen molar-refractivity contribution < 1.29 is 14.3 Å². The first-order valence-corrected chi connectivity index (χ1v) is 5.32. The third kappa shape index (κ3) is 2.82. The average molecular weight is 246 g/mol. The Balaban J connectivity index is 2.06. The Morgan fingerprint density at radius 3 is 2.94 bits per heavy atom. The molecule has 0 saturated heterocycles. The fourth-order valence-electron chi connectivity index (χ4n) is 1.47. The first kappa shape index (κ1) is 12.0. The van der Waals surface area contributed by atoms with E-state index in [2.05, 4.69) is 10.3 Å². The van der Waals surface area contributed by atoms with Crippen molar-refractivity contribution in [3.8, 4) is 5.75 Å². The van der Waals surface area contributed by atoms with Crippen molar-refractivity contribution in [2.45, 2.75) is 6.54 Å². The SMILES string of the molecule is O=C(NCc1cccnc1)c1cc(F)ccc1O. The van der Waals surface area contributed by atoms with E-state index in [1.165, 1.54) is 0 Å². The molecule has 1 aromatic heterocycles. The average Bonchev–Trinajstić information content (AvgIpc) is 2.40. The number of hydrogen-bond acceptors (Lipinski definition) is 3. The molecule has 2 aromatic rings. The quantitative estimate of drug-likeness (QED) is 0.868. The van der Waals surface area contributed by atoms with E-state index >= 15 is 0 Å². The topological polar surface area (TPSA) is 62.2 Å². The number of carbonyl (C=O) groups excluding carboxylic acids is 1. The standard InChI is InChI=1S/C13H11FN2O2/c14-10-3-4-12(17)11(6-10)13(18)16-8-9-2-1-5-15-7-9/h1-7,17H,8H2,(H,16,18). The normalized spacial score (nSPS) is 10.1. The van der Waals surface area contributed by atoms with E-state index in [0.29, 0.717) is 0 Å². The van der Waals surface area contributed by atoms with Crippen molar-refractivity contribution in [2.75, 3.05) is 0 Å². The molecule has 0 aliphatic heterocycles. The Morgan fingerprint density at radius 2 is 2.22 bits per heavy atom. The number of aromatic nitrogens is 1. The van der Waals surface area contributed by atoms with Crippen LogP contribution in [0.25, 0.3) is 0 Å². The van der Waals surface area contributed by atoms with Gasteiger partial charge in [0.05, 0.1) is 5.56 Å². The molecule has 2 N–H and O–H groups in total. The zero-order valence-electron chi connectivity index (χ0n) is 9.43. The summed E-state index contributed by atoms with van der Waals surface area (Å²) in [7, 11) is 0. The van der Waals surface area contributed by atoms with E-state index in [1.54, 1.807) is 24.5 Å². The Bertz CT molecular complexity index is 558. The van der Waals surface area contributed by atoms with Crippen LogP contribution in [-0.4, -0.2) is 16.0 Å². The van der Waals surface area contributed by atoms with Crippen molar-refractivity contribution in [3.63, 3.8) is 0 Å². The summed E-state index contributed by atoms with van der Waals surface area (Å²) in [6, 6.07) is 6.79. The number of benzene rings is 1. The van der Waals surface area contributed by atoms with Gasteiger partial charge in [-0.05, 0) is 29.8 Å². The van der Waals surface area contributed by atoms with E-state index in [0.717, 1.165) is 23.8 Å². The van der Waals surface area contributed by atoms with Crippen molar-refractivity contribution in [2.24, 2.45) is 0 Å². The highest BCUT2D eigenvalue weighted by Crippen LogP contribution is 2.17. The molecular weight excluding hydrogens is 235 g/mol. The number of halogens is 1. The maximum absolute atomic E-state index is 13.0. The Hall–Kier alpha value is -2.43. The van der Waals surface area contributed by atoms with E-state index in [1.807, 2.05) is 0 Å². The lowest BCUT2D eigenvalue weighted by molar-refractivity contribution is 0.0947. The fraction of sp³-hybridized carbons (Fsp3) is 0.0769. The van der Waals surface area contributed by atoms with Gasteiger partial charge >= 0.3 is 0 Å². The minimum atomic E-state index is -0.570. The molecule has 1 heterocycles. The van der Waals surface area contributed by atoms with E-state index in [-0.39, 0.29) is 17.9 Å². The fourth-order valence-corrected chi connectivity index (χ4v) is 1.47. The molecule has 1 amide bonds. The lowest BCUT2D eigenvalue weighted by atomic mass is 10.1. The number of hydrogen-bond donors (Lipinski definition) is 2. The number of carbonyl (C=O) groups is 1. The van der Waals surface area contributed by atoms with Gasteiger partial charge in [-0.2, -0.15) is 0 Å². The van der Waals surface area contributed by atoms with Crippen LogP contribution in [0.1, 0.15) is 15.9 Å². The second-order valence-electron chi connectivity index (χ2n) is 3.71. The number of aromatic hydroxyl groups is 1. The summed E-state index contributed by atoms with van der Waals surface area (Å²) in [5.74, 6) is -1.35. The summed E-state index contributed by atoms with van der Waals surface area (Å²) in [5.41, 5.74) is 0.737. The number of phenolic OH excluding ortho intramolecular Hbond substituents is 1. The highest BCUT2D eigenvalue weighted by Gasteiger charge is 2.11. The van der Waals surface area contributed by atoms with Gasteiger partial charge in [0.25, 0.3) is 5.91 Å². The van der Waals surface area contributed by atoms with Crippen LogP contribution in [0.4, 0.5) is 4.39 Å². The van der Waals surface area contributed by atoms with Gasteiger partial charge in [-0.3, -0.25) is 9.78 Å². The number of nitrogens with one attached hydrogen (secondary N) is 1. The first-order chi connectivity index (χ1) is 8.66. The number of pyridine rings is 1. The Labute approximate surface area is 103 Å². The molecule has 0 aliphatic rings. The summed E-state index contributed by atoms with van der Waals surface area (Å²) < 4.78 is 13.0. The second-order valence-corrected chi connectivity index (χ2v) is 3.71. The lowest BCUT2D eigenvalue weighted by Gasteiger charge is -2.06. The van der Waals surface area contributed by atoms with Crippen molar-refractivity contribution in [1.29, 1.82) is 0 Å². The van der Waals surface area contributed by atoms with Gasteiger partial charge in [-0.25, -0.2) is 4.39 Å². The third-order valence-corrected chi connectivity index (χ3v) is 2.38. The molecule has 0 fully saturated rings. The Kier molecular flexibility index (Phi) is 3.52. The van der Waals surface area contributed by atoms with E-state index < -0.39 is 11.7 Å².